The molecule has 10 nitrogen and oxygen atoms in total. The summed E-state index contributed by atoms with van der Waals surface area (Å²) in [6.07, 6.45) is 0.406. The first-order chi connectivity index (χ1) is 18.3. The van der Waals surface area contributed by atoms with Gasteiger partial charge >= 0.3 is 0 Å². The van der Waals surface area contributed by atoms with E-state index in [-0.39, 0.29) is 33.6 Å². The lowest BCUT2D eigenvalue weighted by molar-refractivity contribution is -0.384. The highest BCUT2D eigenvalue weighted by molar-refractivity contribution is 7.13. The molecule has 5 aromatic rings. The number of nitro groups is 1. The van der Waals surface area contributed by atoms with Gasteiger partial charge in [-0.2, -0.15) is 9.78 Å². The van der Waals surface area contributed by atoms with Crippen LogP contribution in [0.2, 0.25) is 5.02 Å². The van der Waals surface area contributed by atoms with Gasteiger partial charge in [-0.3, -0.25) is 24.7 Å². The first-order valence-electron chi connectivity index (χ1n) is 11.3. The quantitative estimate of drug-likeness (QED) is 0.207. The molecule has 0 atom stereocenters. The minimum Gasteiger partial charge on any atom is -0.306 e. The van der Waals surface area contributed by atoms with Crippen molar-refractivity contribution in [1.82, 2.24) is 19.7 Å². The Morgan fingerprint density at radius 2 is 1.95 bits per heavy atom. The zero-order valence-electron chi connectivity index (χ0n) is 19.8. The Labute approximate surface area is 224 Å². The Bertz CT molecular complexity index is 1710. The largest absolute Gasteiger partial charge is 0.306 e. The van der Waals surface area contributed by atoms with Crippen LogP contribution in [-0.2, 0) is 6.42 Å². The third-order valence-electron chi connectivity index (χ3n) is 5.76. The van der Waals surface area contributed by atoms with E-state index in [2.05, 4.69) is 20.4 Å². The lowest BCUT2D eigenvalue weighted by atomic mass is 10.1. The molecule has 0 aliphatic rings. The van der Waals surface area contributed by atoms with Gasteiger partial charge in [0, 0.05) is 30.2 Å². The molecule has 0 aliphatic heterocycles. The highest BCUT2D eigenvalue weighted by atomic mass is 35.5. The summed E-state index contributed by atoms with van der Waals surface area (Å²) in [5.41, 5.74) is 1.85. The zero-order valence-corrected chi connectivity index (χ0v) is 21.4. The lowest BCUT2D eigenvalue weighted by Gasteiger charge is -2.11. The monoisotopic (exact) mass is 546 g/mol. The summed E-state index contributed by atoms with van der Waals surface area (Å²) in [4.78, 5) is 45.0. The summed E-state index contributed by atoms with van der Waals surface area (Å²) in [7, 11) is 0. The van der Waals surface area contributed by atoms with Crippen molar-refractivity contribution in [3.8, 4) is 16.5 Å². The number of nitrogens with zero attached hydrogens (tertiary/aromatic N) is 4. The van der Waals surface area contributed by atoms with Crippen LogP contribution in [0.15, 0.2) is 76.9 Å². The number of aryl methyl sites for hydroxylation is 1. The van der Waals surface area contributed by atoms with Gasteiger partial charge in [-0.1, -0.05) is 48.0 Å². The summed E-state index contributed by atoms with van der Waals surface area (Å²) >= 11 is 7.62. The third kappa shape index (κ3) is 5.10. The molecular formula is C26H19ClN6O4S. The number of carbonyl (C=O) groups excluding carboxylic acids is 1. The minimum absolute atomic E-state index is 0.0466. The smallest absolute Gasteiger partial charge is 0.270 e. The summed E-state index contributed by atoms with van der Waals surface area (Å²) < 4.78 is 1.32. The van der Waals surface area contributed by atoms with Crippen molar-refractivity contribution >= 4 is 40.4 Å². The number of benzene rings is 2. The number of aromatic nitrogens is 4. The van der Waals surface area contributed by atoms with Crippen molar-refractivity contribution in [2.45, 2.75) is 13.3 Å². The van der Waals surface area contributed by atoms with E-state index >= 15 is 0 Å². The Balaban J connectivity index is 1.55. The standard InChI is InChI=1S/C26H19ClN6O4S/c1-15-18(12-16-6-3-2-4-7-16)24(34)30-26(28-15)32-23(14-21(31-32)22-8-5-11-38-22)29-25(35)19-13-17(33(36)37)9-10-20(19)27/h2-11,13-14H,12H2,1H3,(H,29,35)(H,28,30,34). The third-order valence-corrected chi connectivity index (χ3v) is 6.99. The molecule has 1 amide bonds. The van der Waals surface area contributed by atoms with E-state index in [0.29, 0.717) is 23.4 Å². The number of nitrogens with one attached hydrogen (secondary N) is 2. The van der Waals surface area contributed by atoms with Gasteiger partial charge in [0.2, 0.25) is 5.95 Å². The van der Waals surface area contributed by atoms with Gasteiger partial charge in [0.25, 0.3) is 17.2 Å². The first-order valence-corrected chi connectivity index (χ1v) is 12.6. The van der Waals surface area contributed by atoms with Gasteiger partial charge in [-0.05, 0) is 30.0 Å². The van der Waals surface area contributed by atoms with E-state index in [1.54, 1.807) is 13.0 Å². The van der Waals surface area contributed by atoms with Crippen LogP contribution in [0.4, 0.5) is 11.5 Å². The van der Waals surface area contributed by atoms with Crippen molar-refractivity contribution in [3.63, 3.8) is 0 Å². The Morgan fingerprint density at radius 3 is 2.63 bits per heavy atom. The highest BCUT2D eigenvalue weighted by Gasteiger charge is 2.21. The molecule has 12 heteroatoms. The fourth-order valence-corrected chi connectivity index (χ4v) is 4.75. The second-order valence-corrected chi connectivity index (χ2v) is 9.65. The molecule has 190 valence electrons. The number of non-ortho nitro benzene ring substituents is 1. The number of nitro benzene ring substituents is 1. The van der Waals surface area contributed by atoms with Crippen LogP contribution in [0.3, 0.4) is 0 Å². The number of carbonyl (C=O) groups is 1. The van der Waals surface area contributed by atoms with Crippen molar-refractivity contribution in [3.05, 3.63) is 120 Å². The van der Waals surface area contributed by atoms with Crippen molar-refractivity contribution in [1.29, 1.82) is 0 Å². The maximum absolute atomic E-state index is 13.1. The predicted octanol–water partition coefficient (Wildman–Crippen LogP) is 5.40. The maximum atomic E-state index is 13.1. The zero-order chi connectivity index (χ0) is 26.8. The minimum atomic E-state index is -0.683. The Hall–Kier alpha value is -4.61. The number of thiophene rings is 1. The van der Waals surface area contributed by atoms with E-state index in [0.717, 1.165) is 16.5 Å². The van der Waals surface area contributed by atoms with E-state index in [1.807, 2.05) is 47.8 Å². The van der Waals surface area contributed by atoms with Gasteiger partial charge in [-0.25, -0.2) is 4.98 Å². The lowest BCUT2D eigenvalue weighted by Crippen LogP contribution is -2.22. The van der Waals surface area contributed by atoms with Gasteiger partial charge in [0.15, 0.2) is 0 Å². The van der Waals surface area contributed by atoms with E-state index in [1.165, 1.54) is 28.2 Å². The molecule has 0 spiro atoms. The molecule has 3 heterocycles. The van der Waals surface area contributed by atoms with Crippen LogP contribution >= 0.6 is 22.9 Å². The van der Waals surface area contributed by atoms with Gasteiger partial charge in [0.05, 0.1) is 26.1 Å². The van der Waals surface area contributed by atoms with E-state index < -0.39 is 10.8 Å². The number of H-pyrrole nitrogens is 1. The molecule has 3 aromatic heterocycles. The van der Waals surface area contributed by atoms with Crippen molar-refractivity contribution in [2.24, 2.45) is 0 Å². The first kappa shape index (κ1) is 25.1. The van der Waals surface area contributed by atoms with Crippen LogP contribution in [0.5, 0.6) is 0 Å². The molecule has 0 aliphatic carbocycles. The van der Waals surface area contributed by atoms with Gasteiger partial charge in [-0.15, -0.1) is 11.3 Å². The maximum Gasteiger partial charge on any atom is 0.270 e. The number of anilines is 1. The molecule has 0 fully saturated rings. The van der Waals surface area contributed by atoms with Crippen LogP contribution in [0, 0.1) is 17.0 Å². The van der Waals surface area contributed by atoms with Crippen molar-refractivity contribution in [2.75, 3.05) is 5.32 Å². The molecule has 0 saturated heterocycles. The van der Waals surface area contributed by atoms with E-state index in [9.17, 15) is 19.7 Å². The second-order valence-electron chi connectivity index (χ2n) is 8.30. The molecule has 38 heavy (non-hydrogen) atoms. The van der Waals surface area contributed by atoms with Crippen LogP contribution in [0.25, 0.3) is 16.5 Å². The predicted molar refractivity (Wildman–Crippen MR) is 145 cm³/mol. The molecular weight excluding hydrogens is 528 g/mol. The number of rotatable bonds is 7. The number of hydrogen-bond acceptors (Lipinski definition) is 7. The van der Waals surface area contributed by atoms with Crippen LogP contribution in [0.1, 0.15) is 27.2 Å². The van der Waals surface area contributed by atoms with Gasteiger partial charge < -0.3 is 5.32 Å². The average molecular weight is 547 g/mol. The second kappa shape index (κ2) is 10.4. The SMILES string of the molecule is Cc1nc(-n2nc(-c3cccs3)cc2NC(=O)c2cc([N+](=O)[O-])ccc2Cl)[nH]c(=O)c1Cc1ccccc1. The molecule has 0 radical (unpaired) electrons. The summed E-state index contributed by atoms with van der Waals surface area (Å²) in [6.45, 7) is 1.74. The van der Waals surface area contributed by atoms with Gasteiger partial charge in [0.1, 0.15) is 11.5 Å². The molecule has 5 rings (SSSR count). The van der Waals surface area contributed by atoms with E-state index in [4.69, 9.17) is 11.6 Å². The number of halogens is 1. The topological polar surface area (TPSA) is 136 Å². The fraction of sp³-hybridized carbons (Fsp3) is 0.0769. The summed E-state index contributed by atoms with van der Waals surface area (Å²) in [5, 5.41) is 20.4. The van der Waals surface area contributed by atoms with Crippen LogP contribution < -0.4 is 10.9 Å². The summed E-state index contributed by atoms with van der Waals surface area (Å²) in [5.74, 6) is -0.385. The molecule has 2 N–H and O–H groups in total. The highest BCUT2D eigenvalue weighted by Crippen LogP contribution is 2.29. The molecule has 2 aromatic carbocycles. The number of aromatic amines is 1. The Kier molecular flexibility index (Phi) is 6.86. The fourth-order valence-electron chi connectivity index (χ4n) is 3.86. The number of amides is 1. The van der Waals surface area contributed by atoms with Crippen molar-refractivity contribution < 1.29 is 9.72 Å². The molecule has 0 bridgehead atoms. The average Bonchev–Trinajstić information content (AvgIpc) is 3.57. The summed E-state index contributed by atoms with van der Waals surface area (Å²) in [6, 6.07) is 18.5. The normalized spacial score (nSPS) is 10.9. The molecule has 0 saturated carbocycles. The Morgan fingerprint density at radius 1 is 1.16 bits per heavy atom. The van der Waals surface area contributed by atoms with Crippen LogP contribution in [-0.4, -0.2) is 30.6 Å². The molecule has 0 unspecified atom stereocenters. The number of hydrogen-bond donors (Lipinski definition) is 2.